The van der Waals surface area contributed by atoms with Crippen molar-refractivity contribution >= 4 is 0 Å². The van der Waals surface area contributed by atoms with E-state index in [9.17, 15) is 0 Å². The molecule has 1 aromatic heterocycles. The van der Waals surface area contributed by atoms with Crippen LogP contribution in [0.4, 0.5) is 0 Å². The second-order valence-corrected chi connectivity index (χ2v) is 5.17. The SMILES string of the molecule is CC1CCC(Oc2cc(CO)ccn2)CC1C. The number of ether oxygens (including phenoxy) is 1. The molecule has 1 aliphatic carbocycles. The van der Waals surface area contributed by atoms with Gasteiger partial charge in [0, 0.05) is 12.3 Å². The fourth-order valence-electron chi connectivity index (χ4n) is 2.39. The van der Waals surface area contributed by atoms with Gasteiger partial charge < -0.3 is 9.84 Å². The molecule has 17 heavy (non-hydrogen) atoms. The van der Waals surface area contributed by atoms with Gasteiger partial charge >= 0.3 is 0 Å². The van der Waals surface area contributed by atoms with Crippen LogP contribution in [0.15, 0.2) is 18.3 Å². The summed E-state index contributed by atoms with van der Waals surface area (Å²) in [5.74, 6) is 2.16. The first kappa shape index (κ1) is 12.4. The number of hydrogen-bond donors (Lipinski definition) is 1. The van der Waals surface area contributed by atoms with Crippen molar-refractivity contribution in [1.82, 2.24) is 4.98 Å². The molecule has 1 heterocycles. The molecule has 0 radical (unpaired) electrons. The number of rotatable bonds is 3. The van der Waals surface area contributed by atoms with Gasteiger partial charge in [0.15, 0.2) is 0 Å². The van der Waals surface area contributed by atoms with Gasteiger partial charge in [-0.3, -0.25) is 0 Å². The number of nitrogens with zero attached hydrogens (tertiary/aromatic N) is 1. The summed E-state index contributed by atoms with van der Waals surface area (Å²) in [5.41, 5.74) is 0.854. The van der Waals surface area contributed by atoms with E-state index in [1.807, 2.05) is 6.07 Å². The molecule has 1 aromatic rings. The molecule has 1 fully saturated rings. The zero-order valence-corrected chi connectivity index (χ0v) is 10.6. The van der Waals surface area contributed by atoms with Crippen LogP contribution in [-0.4, -0.2) is 16.2 Å². The van der Waals surface area contributed by atoms with E-state index in [4.69, 9.17) is 9.84 Å². The third-order valence-electron chi connectivity index (χ3n) is 3.82. The van der Waals surface area contributed by atoms with Crippen molar-refractivity contribution in [3.05, 3.63) is 23.9 Å². The molecule has 1 aliphatic rings. The lowest BCUT2D eigenvalue weighted by atomic mass is 9.80. The highest BCUT2D eigenvalue weighted by Crippen LogP contribution is 2.31. The van der Waals surface area contributed by atoms with Crippen molar-refractivity contribution in [2.45, 2.75) is 45.8 Å². The lowest BCUT2D eigenvalue weighted by Gasteiger charge is -2.31. The van der Waals surface area contributed by atoms with Gasteiger partial charge in [0.05, 0.1) is 6.61 Å². The first-order valence-corrected chi connectivity index (χ1v) is 6.41. The largest absolute Gasteiger partial charge is 0.474 e. The summed E-state index contributed by atoms with van der Waals surface area (Å²) in [6.45, 7) is 4.64. The Morgan fingerprint density at radius 2 is 2.18 bits per heavy atom. The van der Waals surface area contributed by atoms with Gasteiger partial charge in [-0.05, 0) is 42.7 Å². The van der Waals surface area contributed by atoms with E-state index in [1.165, 1.54) is 6.42 Å². The molecule has 0 aromatic carbocycles. The fourth-order valence-corrected chi connectivity index (χ4v) is 2.39. The van der Waals surface area contributed by atoms with E-state index in [0.717, 1.165) is 30.2 Å². The summed E-state index contributed by atoms with van der Waals surface area (Å²) in [6.07, 6.45) is 5.41. The van der Waals surface area contributed by atoms with E-state index < -0.39 is 0 Å². The lowest BCUT2D eigenvalue weighted by molar-refractivity contribution is 0.0962. The Bertz CT molecular complexity index is 367. The average Bonchev–Trinajstić information content (AvgIpc) is 2.34. The van der Waals surface area contributed by atoms with Crippen LogP contribution >= 0.6 is 0 Å². The molecule has 1 saturated carbocycles. The third kappa shape index (κ3) is 3.19. The summed E-state index contributed by atoms with van der Waals surface area (Å²) >= 11 is 0. The van der Waals surface area contributed by atoms with Gasteiger partial charge in [0.2, 0.25) is 5.88 Å². The molecule has 0 amide bonds. The van der Waals surface area contributed by atoms with Gasteiger partial charge in [-0.25, -0.2) is 4.98 Å². The Balaban J connectivity index is 1.96. The summed E-state index contributed by atoms with van der Waals surface area (Å²) in [5, 5.41) is 9.06. The number of aromatic nitrogens is 1. The molecule has 2 rings (SSSR count). The number of aliphatic hydroxyl groups is 1. The van der Waals surface area contributed by atoms with Crippen molar-refractivity contribution < 1.29 is 9.84 Å². The maximum absolute atomic E-state index is 9.06. The van der Waals surface area contributed by atoms with Gasteiger partial charge in [-0.15, -0.1) is 0 Å². The molecule has 3 heteroatoms. The summed E-state index contributed by atoms with van der Waals surface area (Å²) in [6, 6.07) is 3.63. The molecular formula is C14H21NO2. The van der Waals surface area contributed by atoms with E-state index in [-0.39, 0.29) is 12.7 Å². The zero-order valence-electron chi connectivity index (χ0n) is 10.6. The Morgan fingerprint density at radius 3 is 2.88 bits per heavy atom. The predicted molar refractivity (Wildman–Crippen MR) is 66.8 cm³/mol. The van der Waals surface area contributed by atoms with Crippen molar-refractivity contribution in [1.29, 1.82) is 0 Å². The second kappa shape index (κ2) is 5.50. The van der Waals surface area contributed by atoms with E-state index >= 15 is 0 Å². The van der Waals surface area contributed by atoms with Crippen LogP contribution in [0.1, 0.15) is 38.7 Å². The predicted octanol–water partition coefficient (Wildman–Crippen LogP) is 2.78. The molecule has 0 bridgehead atoms. The average molecular weight is 235 g/mol. The summed E-state index contributed by atoms with van der Waals surface area (Å²) < 4.78 is 5.89. The molecule has 0 spiro atoms. The van der Waals surface area contributed by atoms with Crippen LogP contribution in [0.25, 0.3) is 0 Å². The number of aliphatic hydroxyl groups excluding tert-OH is 1. The van der Waals surface area contributed by atoms with E-state index in [1.54, 1.807) is 12.3 Å². The highest BCUT2D eigenvalue weighted by molar-refractivity contribution is 5.19. The normalized spacial score (nSPS) is 29.0. The first-order valence-electron chi connectivity index (χ1n) is 6.41. The first-order chi connectivity index (χ1) is 8.19. The molecule has 94 valence electrons. The van der Waals surface area contributed by atoms with Gasteiger partial charge in [0.25, 0.3) is 0 Å². The van der Waals surface area contributed by atoms with Crippen molar-refractivity contribution in [3.63, 3.8) is 0 Å². The molecule has 3 unspecified atom stereocenters. The maximum atomic E-state index is 9.06. The maximum Gasteiger partial charge on any atom is 0.213 e. The van der Waals surface area contributed by atoms with Gasteiger partial charge in [-0.2, -0.15) is 0 Å². The molecule has 0 saturated heterocycles. The minimum Gasteiger partial charge on any atom is -0.474 e. The summed E-state index contributed by atoms with van der Waals surface area (Å²) in [4.78, 5) is 4.19. The van der Waals surface area contributed by atoms with Gasteiger partial charge in [-0.1, -0.05) is 13.8 Å². The minimum absolute atomic E-state index is 0.0387. The lowest BCUT2D eigenvalue weighted by Crippen LogP contribution is -2.29. The molecular weight excluding hydrogens is 214 g/mol. The van der Waals surface area contributed by atoms with Crippen LogP contribution in [0.3, 0.4) is 0 Å². The number of pyridine rings is 1. The highest BCUT2D eigenvalue weighted by Gasteiger charge is 2.25. The van der Waals surface area contributed by atoms with Crippen LogP contribution in [0.2, 0.25) is 0 Å². The van der Waals surface area contributed by atoms with Crippen molar-refractivity contribution in [2.75, 3.05) is 0 Å². The standard InChI is InChI=1S/C14H21NO2/c1-10-3-4-13(7-11(10)2)17-14-8-12(9-16)5-6-15-14/h5-6,8,10-11,13,16H,3-4,7,9H2,1-2H3. The summed E-state index contributed by atoms with van der Waals surface area (Å²) in [7, 11) is 0. The van der Waals surface area contributed by atoms with Crippen LogP contribution in [-0.2, 0) is 6.61 Å². The minimum atomic E-state index is 0.0387. The Hall–Kier alpha value is -1.09. The highest BCUT2D eigenvalue weighted by atomic mass is 16.5. The van der Waals surface area contributed by atoms with Crippen LogP contribution in [0, 0.1) is 11.8 Å². The van der Waals surface area contributed by atoms with E-state index in [2.05, 4.69) is 18.8 Å². The quantitative estimate of drug-likeness (QED) is 0.876. The van der Waals surface area contributed by atoms with Crippen molar-refractivity contribution in [3.8, 4) is 5.88 Å². The van der Waals surface area contributed by atoms with Crippen molar-refractivity contribution in [2.24, 2.45) is 11.8 Å². The second-order valence-electron chi connectivity index (χ2n) is 5.17. The number of hydrogen-bond acceptors (Lipinski definition) is 3. The molecule has 0 aliphatic heterocycles. The monoisotopic (exact) mass is 235 g/mol. The van der Waals surface area contributed by atoms with Crippen LogP contribution in [0.5, 0.6) is 5.88 Å². The topological polar surface area (TPSA) is 42.4 Å². The molecule has 3 nitrogen and oxygen atoms in total. The van der Waals surface area contributed by atoms with E-state index in [0.29, 0.717) is 5.88 Å². The Morgan fingerprint density at radius 1 is 1.35 bits per heavy atom. The fraction of sp³-hybridized carbons (Fsp3) is 0.643. The molecule has 3 atom stereocenters. The van der Waals surface area contributed by atoms with Crippen LogP contribution < -0.4 is 4.74 Å². The van der Waals surface area contributed by atoms with Gasteiger partial charge in [0.1, 0.15) is 6.10 Å². The smallest absolute Gasteiger partial charge is 0.213 e. The third-order valence-corrected chi connectivity index (χ3v) is 3.82. The Labute approximate surface area is 103 Å². The molecule has 1 N–H and O–H groups in total. The Kier molecular flexibility index (Phi) is 4.00. The zero-order chi connectivity index (χ0) is 12.3.